The molecule has 0 radical (unpaired) electrons. The maximum absolute atomic E-state index is 12.7. The van der Waals surface area contributed by atoms with E-state index in [-0.39, 0.29) is 18.4 Å². The SMILES string of the molecule is COC(=O)[C@H](Cc1ccccc1)NP(=O)(O)OC[C@H]1O[C@@H](n2cc(C)c(=O)[nH]c2=O)C[C@@H]1N=[N+]=[N-]. The number of carbonyl (C=O) groups excluding carboxylic acids is 1. The standard InChI is InChI=1S/C20H25N6O8P/c1-12-10-26(20(29)22-18(12)27)17-9-14(23-25-21)16(34-17)11-33-35(30,31)24-15(19(28)32-2)8-13-6-4-3-5-7-13/h3-7,10,14-17H,8-9,11H2,1-2H3,(H,22,27,29)(H2,24,30,31)/t14-,15-,16+,17+/m0/s1. The summed E-state index contributed by atoms with van der Waals surface area (Å²) in [6.07, 6.45) is -0.451. The van der Waals surface area contributed by atoms with Crippen LogP contribution in [0.1, 0.15) is 23.8 Å². The number of aromatic amines is 1. The highest BCUT2D eigenvalue weighted by molar-refractivity contribution is 7.50. The molecule has 3 rings (SSSR count). The molecule has 0 saturated carbocycles. The molecule has 15 heteroatoms. The Bertz CT molecular complexity index is 1260. The Morgan fingerprint density at radius 2 is 2.14 bits per heavy atom. The van der Waals surface area contributed by atoms with Gasteiger partial charge in [0.25, 0.3) is 5.56 Å². The Morgan fingerprint density at radius 1 is 1.43 bits per heavy atom. The van der Waals surface area contributed by atoms with Gasteiger partial charge in [0, 0.05) is 23.1 Å². The number of nitrogens with one attached hydrogen (secondary N) is 2. The van der Waals surface area contributed by atoms with E-state index in [0.29, 0.717) is 0 Å². The van der Waals surface area contributed by atoms with Crippen LogP contribution in [-0.4, -0.2) is 52.3 Å². The topological polar surface area (TPSA) is 198 Å². The lowest BCUT2D eigenvalue weighted by Crippen LogP contribution is -2.38. The average Bonchev–Trinajstić information content (AvgIpc) is 3.22. The van der Waals surface area contributed by atoms with Gasteiger partial charge in [-0.25, -0.2) is 14.4 Å². The summed E-state index contributed by atoms with van der Waals surface area (Å²) >= 11 is 0. The van der Waals surface area contributed by atoms with Gasteiger partial charge in [-0.1, -0.05) is 35.4 Å². The van der Waals surface area contributed by atoms with E-state index in [1.165, 1.54) is 13.1 Å². The molecule has 5 atom stereocenters. The molecule has 0 bridgehead atoms. The van der Waals surface area contributed by atoms with E-state index in [1.807, 2.05) is 0 Å². The molecule has 0 aliphatic carbocycles. The number of H-pyrrole nitrogens is 1. The zero-order valence-electron chi connectivity index (χ0n) is 18.9. The van der Waals surface area contributed by atoms with Crippen LogP contribution >= 0.6 is 7.75 Å². The van der Waals surface area contributed by atoms with E-state index in [4.69, 9.17) is 19.5 Å². The number of benzene rings is 1. The highest BCUT2D eigenvalue weighted by Gasteiger charge is 2.39. The molecule has 0 spiro atoms. The van der Waals surface area contributed by atoms with Gasteiger partial charge in [-0.2, -0.15) is 0 Å². The molecule has 3 N–H and O–H groups in total. The molecule has 1 aromatic heterocycles. The van der Waals surface area contributed by atoms with Crippen LogP contribution in [0.3, 0.4) is 0 Å². The van der Waals surface area contributed by atoms with Crippen molar-refractivity contribution in [3.05, 3.63) is 78.9 Å². The van der Waals surface area contributed by atoms with Crippen LogP contribution in [-0.2, 0) is 29.8 Å². The summed E-state index contributed by atoms with van der Waals surface area (Å²) in [4.78, 5) is 51.2. The van der Waals surface area contributed by atoms with E-state index < -0.39 is 56.0 Å². The number of hydrogen-bond acceptors (Lipinski definition) is 8. The van der Waals surface area contributed by atoms with Crippen LogP contribution in [0.5, 0.6) is 0 Å². The number of azide groups is 1. The Balaban J connectivity index is 1.70. The second-order valence-corrected chi connectivity index (χ2v) is 9.38. The van der Waals surface area contributed by atoms with Crippen molar-refractivity contribution in [3.8, 4) is 0 Å². The van der Waals surface area contributed by atoms with Crippen molar-refractivity contribution in [3.63, 3.8) is 0 Å². The molecule has 188 valence electrons. The van der Waals surface area contributed by atoms with Crippen molar-refractivity contribution in [1.29, 1.82) is 0 Å². The molecule has 1 aromatic carbocycles. The molecule has 1 aliphatic rings. The number of esters is 1. The first-order valence-corrected chi connectivity index (χ1v) is 12.1. The lowest BCUT2D eigenvalue weighted by Gasteiger charge is -2.22. The summed E-state index contributed by atoms with van der Waals surface area (Å²) in [7, 11) is -3.39. The average molecular weight is 508 g/mol. The first-order valence-electron chi connectivity index (χ1n) is 10.5. The van der Waals surface area contributed by atoms with Crippen LogP contribution in [0, 0.1) is 6.92 Å². The number of hydrogen-bond donors (Lipinski definition) is 3. The highest BCUT2D eigenvalue weighted by Crippen LogP contribution is 2.40. The first kappa shape index (κ1) is 26.4. The smallest absolute Gasteiger partial charge is 0.403 e. The molecule has 35 heavy (non-hydrogen) atoms. The normalized spacial score (nSPS) is 22.1. The fraction of sp³-hybridized carbons (Fsp3) is 0.450. The fourth-order valence-electron chi connectivity index (χ4n) is 3.61. The van der Waals surface area contributed by atoms with Crippen LogP contribution in [0.2, 0.25) is 0 Å². The third kappa shape index (κ3) is 6.89. The number of aryl methyl sites for hydroxylation is 1. The van der Waals surface area contributed by atoms with Gasteiger partial charge in [-0.05, 0) is 24.4 Å². The van der Waals surface area contributed by atoms with Crippen LogP contribution in [0.4, 0.5) is 0 Å². The lowest BCUT2D eigenvalue weighted by atomic mass is 10.1. The second-order valence-electron chi connectivity index (χ2n) is 7.83. The van der Waals surface area contributed by atoms with E-state index in [9.17, 15) is 23.8 Å². The molecular formula is C20H25N6O8P. The molecule has 0 amide bonds. The van der Waals surface area contributed by atoms with Gasteiger partial charge in [-0.15, -0.1) is 0 Å². The highest BCUT2D eigenvalue weighted by atomic mass is 31.2. The second kappa shape index (κ2) is 11.5. The fourth-order valence-corrected chi connectivity index (χ4v) is 4.62. The maximum Gasteiger partial charge on any atom is 0.403 e. The van der Waals surface area contributed by atoms with Gasteiger partial charge >= 0.3 is 19.4 Å². The molecule has 14 nitrogen and oxygen atoms in total. The third-order valence-corrected chi connectivity index (χ3v) is 6.50. The van der Waals surface area contributed by atoms with Crippen LogP contribution < -0.4 is 16.3 Å². The molecule has 2 heterocycles. The Kier molecular flexibility index (Phi) is 8.62. The maximum atomic E-state index is 12.7. The summed E-state index contributed by atoms with van der Waals surface area (Å²) in [5.74, 6) is -0.760. The van der Waals surface area contributed by atoms with E-state index in [0.717, 1.165) is 17.2 Å². The number of nitrogens with zero attached hydrogens (tertiary/aromatic N) is 4. The van der Waals surface area contributed by atoms with Crippen molar-refractivity contribution in [2.24, 2.45) is 5.11 Å². The molecule has 2 aromatic rings. The van der Waals surface area contributed by atoms with Crippen molar-refractivity contribution in [1.82, 2.24) is 14.6 Å². The molecule has 1 fully saturated rings. The van der Waals surface area contributed by atoms with Crippen molar-refractivity contribution < 1.29 is 28.3 Å². The first-order chi connectivity index (χ1) is 16.6. The summed E-state index contributed by atoms with van der Waals surface area (Å²) in [6.45, 7) is 1.02. The van der Waals surface area contributed by atoms with Crippen molar-refractivity contribution in [2.45, 2.75) is 44.2 Å². The van der Waals surface area contributed by atoms with Crippen molar-refractivity contribution >= 4 is 13.7 Å². The van der Waals surface area contributed by atoms with Gasteiger partial charge in [0.2, 0.25) is 0 Å². The monoisotopic (exact) mass is 508 g/mol. The number of methoxy groups -OCH3 is 1. The largest absolute Gasteiger partial charge is 0.468 e. The predicted molar refractivity (Wildman–Crippen MR) is 122 cm³/mol. The number of aromatic nitrogens is 2. The van der Waals surface area contributed by atoms with Gasteiger partial charge in [0.15, 0.2) is 0 Å². The number of ether oxygens (including phenoxy) is 2. The minimum Gasteiger partial charge on any atom is -0.468 e. The van der Waals surface area contributed by atoms with E-state index in [1.54, 1.807) is 30.3 Å². The van der Waals surface area contributed by atoms with Gasteiger partial charge in [0.1, 0.15) is 12.3 Å². The molecule has 1 saturated heterocycles. The summed E-state index contributed by atoms with van der Waals surface area (Å²) in [5.41, 5.74) is 8.62. The van der Waals surface area contributed by atoms with Crippen LogP contribution in [0.25, 0.3) is 10.4 Å². The number of carbonyl (C=O) groups is 1. The zero-order valence-corrected chi connectivity index (χ0v) is 19.8. The molecule has 1 unspecified atom stereocenters. The van der Waals surface area contributed by atoms with E-state index in [2.05, 4.69) is 20.1 Å². The summed E-state index contributed by atoms with van der Waals surface area (Å²) < 4.78 is 29.5. The Hall–Kier alpha value is -3.25. The predicted octanol–water partition coefficient (Wildman–Crippen LogP) is 1.30. The molecule has 1 aliphatic heterocycles. The van der Waals surface area contributed by atoms with Crippen molar-refractivity contribution in [2.75, 3.05) is 13.7 Å². The quantitative estimate of drug-likeness (QED) is 0.139. The zero-order chi connectivity index (χ0) is 25.6. The Morgan fingerprint density at radius 3 is 2.80 bits per heavy atom. The summed E-state index contributed by atoms with van der Waals surface area (Å²) in [5, 5.41) is 5.92. The van der Waals surface area contributed by atoms with Gasteiger partial charge in [0.05, 0.1) is 25.9 Å². The summed E-state index contributed by atoms with van der Waals surface area (Å²) in [6, 6.07) is 6.81. The van der Waals surface area contributed by atoms with E-state index >= 15 is 0 Å². The minimum absolute atomic E-state index is 0.0609. The number of rotatable bonds is 10. The van der Waals surface area contributed by atoms with Gasteiger partial charge < -0.3 is 14.4 Å². The van der Waals surface area contributed by atoms with Gasteiger partial charge in [-0.3, -0.25) is 23.7 Å². The molecular weight excluding hydrogens is 483 g/mol. The third-order valence-electron chi connectivity index (χ3n) is 5.36. The minimum atomic E-state index is -4.55. The van der Waals surface area contributed by atoms with Crippen LogP contribution in [0.15, 0.2) is 51.2 Å². The lowest BCUT2D eigenvalue weighted by molar-refractivity contribution is -0.142. The Labute approximate surface area is 199 Å².